The number of nitrogens with zero attached hydrogens (tertiary/aromatic N) is 2. The van der Waals surface area contributed by atoms with Gasteiger partial charge in [-0.3, -0.25) is 9.48 Å². The summed E-state index contributed by atoms with van der Waals surface area (Å²) in [5, 5.41) is 4.20. The first kappa shape index (κ1) is 12.3. The molecule has 1 atom stereocenters. The van der Waals surface area contributed by atoms with Gasteiger partial charge in [0.2, 0.25) is 0 Å². The largest absolute Gasteiger partial charge is 0.378 e. The van der Waals surface area contributed by atoms with Gasteiger partial charge in [0.25, 0.3) is 0 Å². The molecule has 1 aromatic rings. The van der Waals surface area contributed by atoms with Crippen LogP contribution in [0.5, 0.6) is 0 Å². The summed E-state index contributed by atoms with van der Waals surface area (Å²) in [6.45, 7) is 3.66. The molecule has 1 aliphatic rings. The van der Waals surface area contributed by atoms with E-state index in [-0.39, 0.29) is 5.78 Å². The molecule has 1 unspecified atom stereocenters. The zero-order chi connectivity index (χ0) is 12.1. The van der Waals surface area contributed by atoms with Crippen LogP contribution >= 0.6 is 0 Å². The number of carbonyl (C=O) groups is 1. The average molecular weight is 236 g/mol. The Labute approximate surface area is 102 Å². The van der Waals surface area contributed by atoms with E-state index in [1.807, 2.05) is 17.8 Å². The van der Waals surface area contributed by atoms with Crippen molar-refractivity contribution in [2.75, 3.05) is 6.61 Å². The number of aryl methyl sites for hydroxylation is 1. The van der Waals surface area contributed by atoms with Gasteiger partial charge in [-0.25, -0.2) is 0 Å². The standard InChI is InChI=1S/C13H20N2O2/c1-2-13(16)11-9-14-15(10-11)7-3-5-12-6-4-8-17-12/h9-10,12H,2-8H2,1H3. The van der Waals surface area contributed by atoms with E-state index in [0.29, 0.717) is 12.5 Å². The third-order valence-corrected chi connectivity index (χ3v) is 3.21. The average Bonchev–Trinajstić information content (AvgIpc) is 2.99. The number of rotatable bonds is 6. The molecule has 0 aliphatic carbocycles. The van der Waals surface area contributed by atoms with E-state index >= 15 is 0 Å². The van der Waals surface area contributed by atoms with Crippen LogP contribution in [-0.2, 0) is 11.3 Å². The monoisotopic (exact) mass is 236 g/mol. The first-order valence-electron chi connectivity index (χ1n) is 6.47. The van der Waals surface area contributed by atoms with E-state index in [1.165, 1.54) is 12.8 Å². The highest BCUT2D eigenvalue weighted by atomic mass is 16.5. The van der Waals surface area contributed by atoms with Crippen LogP contribution in [0.2, 0.25) is 0 Å². The Morgan fingerprint density at radius 2 is 2.53 bits per heavy atom. The molecule has 1 aromatic heterocycles. The van der Waals surface area contributed by atoms with Crippen molar-refractivity contribution < 1.29 is 9.53 Å². The SMILES string of the molecule is CCC(=O)c1cnn(CCCC2CCCO2)c1. The molecule has 0 aromatic carbocycles. The molecular formula is C13H20N2O2. The fraction of sp³-hybridized carbons (Fsp3) is 0.692. The molecule has 2 heterocycles. The van der Waals surface area contributed by atoms with Crippen LogP contribution in [-0.4, -0.2) is 28.3 Å². The van der Waals surface area contributed by atoms with Crippen LogP contribution < -0.4 is 0 Å². The fourth-order valence-corrected chi connectivity index (χ4v) is 2.19. The first-order chi connectivity index (χ1) is 8.29. The van der Waals surface area contributed by atoms with Gasteiger partial charge in [0, 0.05) is 25.8 Å². The Balaban J connectivity index is 1.74. The molecule has 2 rings (SSSR count). The van der Waals surface area contributed by atoms with Crippen molar-refractivity contribution >= 4 is 5.78 Å². The Bertz CT molecular complexity index is 367. The van der Waals surface area contributed by atoms with Crippen molar-refractivity contribution in [2.24, 2.45) is 0 Å². The molecule has 1 aliphatic heterocycles. The molecule has 0 saturated carbocycles. The third-order valence-electron chi connectivity index (χ3n) is 3.21. The molecule has 94 valence electrons. The van der Waals surface area contributed by atoms with E-state index in [9.17, 15) is 4.79 Å². The maximum Gasteiger partial charge on any atom is 0.165 e. The summed E-state index contributed by atoms with van der Waals surface area (Å²) in [5.41, 5.74) is 0.726. The molecule has 0 amide bonds. The lowest BCUT2D eigenvalue weighted by Gasteiger charge is -2.08. The molecule has 4 heteroatoms. The summed E-state index contributed by atoms with van der Waals surface area (Å²) in [6, 6.07) is 0. The van der Waals surface area contributed by atoms with Crippen molar-refractivity contribution in [2.45, 2.75) is 51.7 Å². The van der Waals surface area contributed by atoms with Crippen molar-refractivity contribution in [3.05, 3.63) is 18.0 Å². The van der Waals surface area contributed by atoms with Gasteiger partial charge in [0.05, 0.1) is 17.9 Å². The zero-order valence-corrected chi connectivity index (χ0v) is 10.4. The van der Waals surface area contributed by atoms with Gasteiger partial charge in [-0.1, -0.05) is 6.92 Å². The summed E-state index contributed by atoms with van der Waals surface area (Å²) in [5.74, 6) is 0.162. The number of hydrogen-bond donors (Lipinski definition) is 0. The maximum atomic E-state index is 11.4. The number of Topliss-reactive ketones (excluding diaryl/α,β-unsaturated/α-hetero) is 1. The molecule has 4 nitrogen and oxygen atoms in total. The highest BCUT2D eigenvalue weighted by Crippen LogP contribution is 2.17. The van der Waals surface area contributed by atoms with E-state index in [1.54, 1.807) is 6.20 Å². The number of ether oxygens (including phenoxy) is 1. The van der Waals surface area contributed by atoms with Gasteiger partial charge in [-0.2, -0.15) is 5.10 Å². The van der Waals surface area contributed by atoms with Crippen molar-refractivity contribution in [1.82, 2.24) is 9.78 Å². The molecule has 1 fully saturated rings. The van der Waals surface area contributed by atoms with Crippen LogP contribution in [0.4, 0.5) is 0 Å². The van der Waals surface area contributed by atoms with E-state index in [4.69, 9.17) is 4.74 Å². The number of ketones is 1. The normalized spacial score (nSPS) is 19.7. The van der Waals surface area contributed by atoms with Gasteiger partial charge >= 0.3 is 0 Å². The first-order valence-corrected chi connectivity index (χ1v) is 6.47. The molecular weight excluding hydrogens is 216 g/mol. The van der Waals surface area contributed by atoms with Crippen molar-refractivity contribution in [3.8, 4) is 0 Å². The number of hydrogen-bond acceptors (Lipinski definition) is 3. The zero-order valence-electron chi connectivity index (χ0n) is 10.4. The van der Waals surface area contributed by atoms with Crippen LogP contribution in [0, 0.1) is 0 Å². The summed E-state index contributed by atoms with van der Waals surface area (Å²) in [7, 11) is 0. The summed E-state index contributed by atoms with van der Waals surface area (Å²) >= 11 is 0. The molecule has 0 N–H and O–H groups in total. The smallest absolute Gasteiger partial charge is 0.165 e. The van der Waals surface area contributed by atoms with E-state index < -0.39 is 0 Å². The van der Waals surface area contributed by atoms with Gasteiger partial charge < -0.3 is 4.74 Å². The summed E-state index contributed by atoms with van der Waals surface area (Å²) in [4.78, 5) is 11.4. The Kier molecular flexibility index (Phi) is 4.31. The highest BCUT2D eigenvalue weighted by molar-refractivity contribution is 5.95. The predicted molar refractivity (Wildman–Crippen MR) is 65.1 cm³/mol. The van der Waals surface area contributed by atoms with Crippen LogP contribution in [0.3, 0.4) is 0 Å². The van der Waals surface area contributed by atoms with E-state index in [0.717, 1.165) is 31.6 Å². The van der Waals surface area contributed by atoms with Crippen molar-refractivity contribution in [3.63, 3.8) is 0 Å². The van der Waals surface area contributed by atoms with Gasteiger partial charge in [-0.05, 0) is 25.7 Å². The molecule has 0 radical (unpaired) electrons. The minimum absolute atomic E-state index is 0.162. The lowest BCUT2D eigenvalue weighted by Crippen LogP contribution is -2.07. The quantitative estimate of drug-likeness (QED) is 0.712. The van der Waals surface area contributed by atoms with Gasteiger partial charge in [-0.15, -0.1) is 0 Å². The Morgan fingerprint density at radius 3 is 3.24 bits per heavy atom. The second-order valence-corrected chi connectivity index (χ2v) is 4.55. The topological polar surface area (TPSA) is 44.1 Å². The minimum atomic E-state index is 0.162. The summed E-state index contributed by atoms with van der Waals surface area (Å²) < 4.78 is 7.43. The molecule has 0 spiro atoms. The predicted octanol–water partition coefficient (Wildman–Crippen LogP) is 2.44. The summed E-state index contributed by atoms with van der Waals surface area (Å²) in [6.07, 6.45) is 9.05. The second kappa shape index (κ2) is 5.96. The Morgan fingerprint density at radius 1 is 1.65 bits per heavy atom. The van der Waals surface area contributed by atoms with Crippen LogP contribution in [0.15, 0.2) is 12.4 Å². The lowest BCUT2D eigenvalue weighted by molar-refractivity contribution is 0.0986. The Hall–Kier alpha value is -1.16. The highest BCUT2D eigenvalue weighted by Gasteiger charge is 2.14. The van der Waals surface area contributed by atoms with Gasteiger partial charge in [0.15, 0.2) is 5.78 Å². The van der Waals surface area contributed by atoms with E-state index in [2.05, 4.69) is 5.10 Å². The minimum Gasteiger partial charge on any atom is -0.378 e. The molecule has 1 saturated heterocycles. The molecule has 0 bridgehead atoms. The lowest BCUT2D eigenvalue weighted by atomic mass is 10.1. The number of carbonyl (C=O) groups excluding carboxylic acids is 1. The number of aromatic nitrogens is 2. The second-order valence-electron chi connectivity index (χ2n) is 4.55. The van der Waals surface area contributed by atoms with Crippen LogP contribution in [0.25, 0.3) is 0 Å². The van der Waals surface area contributed by atoms with Crippen molar-refractivity contribution in [1.29, 1.82) is 0 Å². The third kappa shape index (κ3) is 3.40. The van der Waals surface area contributed by atoms with Gasteiger partial charge in [0.1, 0.15) is 0 Å². The van der Waals surface area contributed by atoms with Crippen LogP contribution in [0.1, 0.15) is 49.4 Å². The fourth-order valence-electron chi connectivity index (χ4n) is 2.19. The maximum absolute atomic E-state index is 11.4. The molecule has 17 heavy (non-hydrogen) atoms.